The predicted octanol–water partition coefficient (Wildman–Crippen LogP) is 2.78. The zero-order valence-electron chi connectivity index (χ0n) is 16.7. The monoisotopic (exact) mass is 456 g/mol. The largest absolute Gasteiger partial charge is 0.312 e. The summed E-state index contributed by atoms with van der Waals surface area (Å²) in [4.78, 5) is 26.5. The molecular weight excluding hydrogens is 436 g/mol. The van der Waals surface area contributed by atoms with Gasteiger partial charge in [0.05, 0.1) is 4.90 Å². The Hall–Kier alpha value is -3.11. The first-order valence-corrected chi connectivity index (χ1v) is 12.1. The van der Waals surface area contributed by atoms with Gasteiger partial charge in [0.25, 0.3) is 0 Å². The fraction of sp³-hybridized carbons (Fsp3) is 0.238. The summed E-state index contributed by atoms with van der Waals surface area (Å²) in [5.41, 5.74) is 1.95. The maximum atomic E-state index is 12.5. The molecular formula is C21H20N4O4S2. The Morgan fingerprint density at radius 2 is 1.84 bits per heavy atom. The molecule has 4 rings (SSSR count). The van der Waals surface area contributed by atoms with Crippen LogP contribution < -0.4 is 10.2 Å². The first-order valence-electron chi connectivity index (χ1n) is 9.60. The zero-order chi connectivity index (χ0) is 22.0. The number of carbonyl (C=O) groups is 2. The maximum Gasteiger partial charge on any atom is 0.241 e. The molecule has 1 aromatic heterocycles. The van der Waals surface area contributed by atoms with Crippen molar-refractivity contribution >= 4 is 43.8 Å². The minimum absolute atomic E-state index is 0.00333. The molecule has 0 aliphatic carbocycles. The molecule has 31 heavy (non-hydrogen) atoms. The second-order valence-corrected chi connectivity index (χ2v) is 10.3. The highest BCUT2D eigenvalue weighted by Crippen LogP contribution is 2.34. The SMILES string of the molecule is Cc1ccc(N2CC(c3nnc(NC(=O)CS(=O)(=O)c4ccccc4)s3)CC2=O)cc1. The smallest absolute Gasteiger partial charge is 0.241 e. The van der Waals surface area contributed by atoms with Gasteiger partial charge in [-0.2, -0.15) is 0 Å². The summed E-state index contributed by atoms with van der Waals surface area (Å²) >= 11 is 1.15. The van der Waals surface area contributed by atoms with Gasteiger partial charge in [-0.3, -0.25) is 14.9 Å². The molecule has 1 fully saturated rings. The summed E-state index contributed by atoms with van der Waals surface area (Å²) in [6, 6.07) is 15.5. The summed E-state index contributed by atoms with van der Waals surface area (Å²) < 4.78 is 24.7. The van der Waals surface area contributed by atoms with Crippen LogP contribution in [0.1, 0.15) is 22.9 Å². The topological polar surface area (TPSA) is 109 Å². The molecule has 160 valence electrons. The number of anilines is 2. The van der Waals surface area contributed by atoms with Crippen LogP contribution in [0.3, 0.4) is 0 Å². The molecule has 10 heteroatoms. The van der Waals surface area contributed by atoms with Gasteiger partial charge in [0.15, 0.2) is 9.84 Å². The standard InChI is InChI=1S/C21H20N4O4S2/c1-14-7-9-16(10-8-14)25-12-15(11-19(25)27)20-23-24-21(30-20)22-18(26)13-31(28,29)17-5-3-2-4-6-17/h2-10,15H,11-13H2,1H3,(H,22,24,26). The Bertz CT molecular complexity index is 1210. The lowest BCUT2D eigenvalue weighted by atomic mass is 10.1. The fourth-order valence-electron chi connectivity index (χ4n) is 3.34. The van der Waals surface area contributed by atoms with Crippen LogP contribution in [-0.4, -0.2) is 42.7 Å². The van der Waals surface area contributed by atoms with E-state index in [1.165, 1.54) is 12.1 Å². The lowest BCUT2D eigenvalue weighted by molar-refractivity contribution is -0.117. The van der Waals surface area contributed by atoms with Crippen molar-refractivity contribution in [2.45, 2.75) is 24.2 Å². The van der Waals surface area contributed by atoms with E-state index in [2.05, 4.69) is 15.5 Å². The Labute approximate surface area is 183 Å². The molecule has 2 amide bonds. The Kier molecular flexibility index (Phi) is 5.84. The van der Waals surface area contributed by atoms with Gasteiger partial charge in [0.1, 0.15) is 10.8 Å². The number of nitrogens with zero attached hydrogens (tertiary/aromatic N) is 3. The Balaban J connectivity index is 1.40. The molecule has 1 saturated heterocycles. The highest BCUT2D eigenvalue weighted by atomic mass is 32.2. The van der Waals surface area contributed by atoms with Crippen LogP contribution in [0.4, 0.5) is 10.8 Å². The molecule has 0 radical (unpaired) electrons. The van der Waals surface area contributed by atoms with E-state index in [1.807, 2.05) is 31.2 Å². The van der Waals surface area contributed by atoms with Crippen molar-refractivity contribution in [1.29, 1.82) is 0 Å². The van der Waals surface area contributed by atoms with Crippen LogP contribution in [0.15, 0.2) is 59.5 Å². The van der Waals surface area contributed by atoms with E-state index >= 15 is 0 Å². The van der Waals surface area contributed by atoms with Crippen molar-refractivity contribution in [1.82, 2.24) is 10.2 Å². The van der Waals surface area contributed by atoms with Gasteiger partial charge in [0, 0.05) is 24.6 Å². The number of aromatic nitrogens is 2. The van der Waals surface area contributed by atoms with E-state index in [4.69, 9.17) is 0 Å². The quantitative estimate of drug-likeness (QED) is 0.611. The average Bonchev–Trinajstić information content (AvgIpc) is 3.35. The Morgan fingerprint density at radius 1 is 1.13 bits per heavy atom. The molecule has 0 bridgehead atoms. The van der Waals surface area contributed by atoms with Crippen LogP contribution in [-0.2, 0) is 19.4 Å². The van der Waals surface area contributed by atoms with E-state index in [0.717, 1.165) is 22.6 Å². The molecule has 2 aromatic carbocycles. The van der Waals surface area contributed by atoms with E-state index in [0.29, 0.717) is 18.0 Å². The van der Waals surface area contributed by atoms with E-state index < -0.39 is 21.5 Å². The van der Waals surface area contributed by atoms with Gasteiger partial charge in [-0.25, -0.2) is 8.42 Å². The number of hydrogen-bond donors (Lipinski definition) is 1. The number of amides is 2. The summed E-state index contributed by atoms with van der Waals surface area (Å²) in [7, 11) is -3.74. The van der Waals surface area contributed by atoms with Crippen LogP contribution in [0.25, 0.3) is 0 Å². The number of carbonyl (C=O) groups excluding carboxylic acids is 2. The molecule has 0 saturated carbocycles. The first-order chi connectivity index (χ1) is 14.8. The van der Waals surface area contributed by atoms with Gasteiger partial charge in [-0.1, -0.05) is 47.2 Å². The summed E-state index contributed by atoms with van der Waals surface area (Å²) in [5, 5.41) is 11.4. The number of rotatable bonds is 6. The number of benzene rings is 2. The lowest BCUT2D eigenvalue weighted by Crippen LogP contribution is -2.24. The number of hydrogen-bond acceptors (Lipinski definition) is 7. The predicted molar refractivity (Wildman–Crippen MR) is 118 cm³/mol. The highest BCUT2D eigenvalue weighted by Gasteiger charge is 2.34. The van der Waals surface area contributed by atoms with Crippen LogP contribution in [0.5, 0.6) is 0 Å². The van der Waals surface area contributed by atoms with Gasteiger partial charge >= 0.3 is 0 Å². The third-order valence-electron chi connectivity index (χ3n) is 4.93. The molecule has 1 aliphatic rings. The van der Waals surface area contributed by atoms with Gasteiger partial charge in [0.2, 0.25) is 16.9 Å². The number of sulfone groups is 1. The third kappa shape index (κ3) is 4.80. The van der Waals surface area contributed by atoms with E-state index in [9.17, 15) is 18.0 Å². The van der Waals surface area contributed by atoms with Crippen molar-refractivity contribution in [2.24, 2.45) is 0 Å². The van der Waals surface area contributed by atoms with Gasteiger partial charge in [-0.05, 0) is 31.2 Å². The second kappa shape index (κ2) is 8.56. The lowest BCUT2D eigenvalue weighted by Gasteiger charge is -2.16. The van der Waals surface area contributed by atoms with E-state index in [-0.39, 0.29) is 21.9 Å². The molecule has 3 aromatic rings. The number of nitrogens with one attached hydrogen (secondary N) is 1. The maximum absolute atomic E-state index is 12.5. The summed E-state index contributed by atoms with van der Waals surface area (Å²) in [6.45, 7) is 2.47. The highest BCUT2D eigenvalue weighted by molar-refractivity contribution is 7.92. The normalized spacial score (nSPS) is 16.5. The van der Waals surface area contributed by atoms with E-state index in [1.54, 1.807) is 23.1 Å². The van der Waals surface area contributed by atoms with Gasteiger partial charge < -0.3 is 4.90 Å². The molecule has 2 heterocycles. The van der Waals surface area contributed by atoms with Crippen molar-refractivity contribution < 1.29 is 18.0 Å². The molecule has 1 N–H and O–H groups in total. The second-order valence-electron chi connectivity index (χ2n) is 7.31. The molecule has 8 nitrogen and oxygen atoms in total. The minimum atomic E-state index is -3.74. The Morgan fingerprint density at radius 3 is 2.55 bits per heavy atom. The zero-order valence-corrected chi connectivity index (χ0v) is 18.3. The minimum Gasteiger partial charge on any atom is -0.312 e. The molecule has 1 unspecified atom stereocenters. The average molecular weight is 457 g/mol. The van der Waals surface area contributed by atoms with Gasteiger partial charge in [-0.15, -0.1) is 10.2 Å². The number of aryl methyl sites for hydroxylation is 1. The third-order valence-corrected chi connectivity index (χ3v) is 7.56. The molecule has 0 spiro atoms. The fourth-order valence-corrected chi connectivity index (χ4v) is 5.34. The first kappa shape index (κ1) is 21.1. The van der Waals surface area contributed by atoms with Crippen LogP contribution in [0, 0.1) is 6.92 Å². The van der Waals surface area contributed by atoms with Crippen LogP contribution >= 0.6 is 11.3 Å². The van der Waals surface area contributed by atoms with Crippen LogP contribution in [0.2, 0.25) is 0 Å². The summed E-state index contributed by atoms with van der Waals surface area (Å²) in [6.07, 6.45) is 0.304. The van der Waals surface area contributed by atoms with Crippen molar-refractivity contribution in [3.8, 4) is 0 Å². The van der Waals surface area contributed by atoms with Crippen molar-refractivity contribution in [2.75, 3.05) is 22.5 Å². The van der Waals surface area contributed by atoms with Crippen molar-refractivity contribution in [3.63, 3.8) is 0 Å². The van der Waals surface area contributed by atoms with Crippen molar-refractivity contribution in [3.05, 3.63) is 65.2 Å². The summed E-state index contributed by atoms with van der Waals surface area (Å²) in [5.74, 6) is -1.50. The molecule has 1 atom stereocenters. The molecule has 1 aliphatic heterocycles.